The van der Waals surface area contributed by atoms with E-state index in [4.69, 9.17) is 4.65 Å². The summed E-state index contributed by atoms with van der Waals surface area (Å²) in [6.07, 6.45) is 1.46. The van der Waals surface area contributed by atoms with E-state index in [1.165, 1.54) is 6.21 Å². The van der Waals surface area contributed by atoms with Crippen molar-refractivity contribution in [3.63, 3.8) is 0 Å². The molecule has 0 radical (unpaired) electrons. The van der Waals surface area contributed by atoms with Crippen molar-refractivity contribution in [3.8, 4) is 5.75 Å². The maximum absolute atomic E-state index is 14.0. The van der Waals surface area contributed by atoms with Crippen LogP contribution in [0.5, 0.6) is 5.75 Å². The SMILES string of the molecule is F[B-]1(F)Oc2ccccc2C=[N+]1Cc1ccccc1. The van der Waals surface area contributed by atoms with E-state index in [0.717, 1.165) is 10.0 Å². The van der Waals surface area contributed by atoms with E-state index in [1.807, 2.05) is 30.3 Å². The number of halogens is 2. The van der Waals surface area contributed by atoms with Crippen LogP contribution in [0.2, 0.25) is 0 Å². The summed E-state index contributed by atoms with van der Waals surface area (Å²) in [7, 11) is -4.03. The Hall–Kier alpha value is -2.17. The molecular weight excluding hydrogens is 247 g/mol. The fourth-order valence-corrected chi connectivity index (χ4v) is 2.13. The second-order valence-corrected chi connectivity index (χ2v) is 4.50. The van der Waals surface area contributed by atoms with Crippen molar-refractivity contribution in [2.45, 2.75) is 6.54 Å². The molecule has 0 fully saturated rings. The van der Waals surface area contributed by atoms with Gasteiger partial charge in [0, 0.05) is 5.56 Å². The smallest absolute Gasteiger partial charge is 0.599 e. The second-order valence-electron chi connectivity index (χ2n) is 4.50. The zero-order chi connectivity index (χ0) is 13.3. The monoisotopic (exact) mass is 259 g/mol. The van der Waals surface area contributed by atoms with Gasteiger partial charge >= 0.3 is 7.04 Å². The molecule has 0 unspecified atom stereocenters. The Morgan fingerprint density at radius 2 is 1.63 bits per heavy atom. The van der Waals surface area contributed by atoms with Gasteiger partial charge in [0.25, 0.3) is 0 Å². The standard InChI is InChI=1S/C14H12BF2NO/c16-15(17)18(10-12-6-2-1-3-7-12)11-13-8-4-5-9-14(13)19-15/h1-9,11H,10H2. The number of para-hydroxylation sites is 1. The molecule has 1 aliphatic rings. The Morgan fingerprint density at radius 1 is 0.947 bits per heavy atom. The van der Waals surface area contributed by atoms with Gasteiger partial charge in [-0.1, -0.05) is 42.5 Å². The molecule has 1 heterocycles. The van der Waals surface area contributed by atoms with Gasteiger partial charge < -0.3 is 17.8 Å². The highest BCUT2D eigenvalue weighted by atomic mass is 19.3. The summed E-state index contributed by atoms with van der Waals surface area (Å²) in [6.45, 7) is 0.127. The summed E-state index contributed by atoms with van der Waals surface area (Å²) >= 11 is 0. The molecule has 2 nitrogen and oxygen atoms in total. The van der Waals surface area contributed by atoms with Gasteiger partial charge in [0.1, 0.15) is 12.8 Å². The first-order valence-electron chi connectivity index (χ1n) is 6.09. The molecule has 3 rings (SSSR count). The Labute approximate surface area is 110 Å². The molecule has 0 saturated heterocycles. The lowest BCUT2D eigenvalue weighted by Gasteiger charge is -2.28. The van der Waals surface area contributed by atoms with E-state index >= 15 is 0 Å². The highest BCUT2D eigenvalue weighted by molar-refractivity contribution is 6.52. The number of hydrogen-bond donors (Lipinski definition) is 0. The summed E-state index contributed by atoms with van der Waals surface area (Å²) < 4.78 is 33.7. The number of nitrogens with zero attached hydrogens (tertiary/aromatic N) is 1. The van der Waals surface area contributed by atoms with Crippen LogP contribution >= 0.6 is 0 Å². The van der Waals surface area contributed by atoms with Crippen molar-refractivity contribution in [2.75, 3.05) is 0 Å². The largest absolute Gasteiger partial charge is 0.828 e. The van der Waals surface area contributed by atoms with Crippen LogP contribution in [0.3, 0.4) is 0 Å². The third kappa shape index (κ3) is 2.36. The van der Waals surface area contributed by atoms with E-state index in [9.17, 15) is 8.63 Å². The lowest BCUT2D eigenvalue weighted by atomic mass is 9.98. The van der Waals surface area contributed by atoms with Crippen molar-refractivity contribution < 1.29 is 17.8 Å². The minimum atomic E-state index is -4.03. The molecule has 0 atom stereocenters. The van der Waals surface area contributed by atoms with Crippen molar-refractivity contribution in [1.29, 1.82) is 0 Å². The molecule has 2 aromatic rings. The number of hydrogen-bond acceptors (Lipinski definition) is 1. The van der Waals surface area contributed by atoms with E-state index in [2.05, 4.69) is 0 Å². The van der Waals surface area contributed by atoms with E-state index < -0.39 is 7.04 Å². The summed E-state index contributed by atoms with van der Waals surface area (Å²) in [5.41, 5.74) is 1.49. The zero-order valence-corrected chi connectivity index (χ0v) is 10.2. The van der Waals surface area contributed by atoms with Gasteiger partial charge in [0.2, 0.25) is 0 Å². The van der Waals surface area contributed by atoms with E-state index in [-0.39, 0.29) is 12.3 Å². The topological polar surface area (TPSA) is 12.2 Å². The maximum Gasteiger partial charge on any atom is 0.828 e. The third-order valence-electron chi connectivity index (χ3n) is 3.09. The Kier molecular flexibility index (Phi) is 2.82. The highest BCUT2D eigenvalue weighted by Gasteiger charge is 2.48. The maximum atomic E-state index is 14.0. The van der Waals surface area contributed by atoms with E-state index in [1.54, 1.807) is 24.3 Å². The third-order valence-corrected chi connectivity index (χ3v) is 3.09. The normalized spacial score (nSPS) is 16.2. The lowest BCUT2D eigenvalue weighted by Crippen LogP contribution is -2.48. The van der Waals surface area contributed by atoms with Crippen LogP contribution in [-0.4, -0.2) is 17.7 Å². The first-order chi connectivity index (χ1) is 9.15. The molecule has 0 bridgehead atoms. The predicted molar refractivity (Wildman–Crippen MR) is 70.6 cm³/mol. The van der Waals surface area contributed by atoms with Gasteiger partial charge in [0.05, 0.1) is 11.3 Å². The second kappa shape index (κ2) is 4.50. The minimum Gasteiger partial charge on any atom is -0.599 e. The van der Waals surface area contributed by atoms with Crippen molar-refractivity contribution in [1.82, 2.24) is 0 Å². The van der Waals surface area contributed by atoms with Crippen LogP contribution in [0, 0.1) is 0 Å². The lowest BCUT2D eigenvalue weighted by molar-refractivity contribution is -0.452. The van der Waals surface area contributed by atoms with Gasteiger partial charge in [-0.25, -0.2) is 0 Å². The number of rotatable bonds is 2. The fraction of sp³-hybridized carbons (Fsp3) is 0.0714. The first kappa shape index (κ1) is 11.9. The van der Waals surface area contributed by atoms with Crippen LogP contribution in [0.4, 0.5) is 8.63 Å². The molecule has 2 aromatic carbocycles. The molecule has 5 heteroatoms. The number of benzene rings is 2. The van der Waals surface area contributed by atoms with Crippen molar-refractivity contribution in [3.05, 3.63) is 65.7 Å². The predicted octanol–water partition coefficient (Wildman–Crippen LogP) is 3.09. The molecule has 1 aliphatic heterocycles. The Bertz CT molecular complexity index is 628. The Morgan fingerprint density at radius 3 is 2.42 bits per heavy atom. The highest BCUT2D eigenvalue weighted by Crippen LogP contribution is 2.27. The molecule has 0 saturated carbocycles. The molecule has 0 aromatic heterocycles. The first-order valence-corrected chi connectivity index (χ1v) is 6.09. The summed E-state index contributed by atoms with van der Waals surface area (Å²) in [5, 5.41) is 0. The molecule has 0 spiro atoms. The summed E-state index contributed by atoms with van der Waals surface area (Å²) in [5.74, 6) is 0.233. The minimum absolute atomic E-state index is 0.127. The Balaban J connectivity index is 1.98. The van der Waals surface area contributed by atoms with Gasteiger partial charge in [-0.05, 0) is 12.1 Å². The average molecular weight is 259 g/mol. The quantitative estimate of drug-likeness (QED) is 0.755. The zero-order valence-electron chi connectivity index (χ0n) is 10.2. The van der Waals surface area contributed by atoms with Crippen LogP contribution in [0.1, 0.15) is 11.1 Å². The van der Waals surface area contributed by atoms with Crippen LogP contribution < -0.4 is 4.65 Å². The molecule has 19 heavy (non-hydrogen) atoms. The van der Waals surface area contributed by atoms with E-state index in [0.29, 0.717) is 5.56 Å². The van der Waals surface area contributed by atoms with Crippen molar-refractivity contribution >= 4 is 13.3 Å². The molecule has 0 aliphatic carbocycles. The fourth-order valence-electron chi connectivity index (χ4n) is 2.13. The summed E-state index contributed by atoms with van der Waals surface area (Å²) in [6, 6.07) is 16.0. The van der Waals surface area contributed by atoms with Crippen LogP contribution in [0.15, 0.2) is 54.6 Å². The van der Waals surface area contributed by atoms with Crippen molar-refractivity contribution in [2.24, 2.45) is 0 Å². The van der Waals surface area contributed by atoms with Gasteiger partial charge in [-0.2, -0.15) is 0 Å². The van der Waals surface area contributed by atoms with Gasteiger partial charge in [0.15, 0.2) is 0 Å². The van der Waals surface area contributed by atoms with Gasteiger partial charge in [-0.3, -0.25) is 0 Å². The van der Waals surface area contributed by atoms with Crippen LogP contribution in [0.25, 0.3) is 0 Å². The average Bonchev–Trinajstić information content (AvgIpc) is 2.40. The molecule has 96 valence electrons. The summed E-state index contributed by atoms with van der Waals surface area (Å²) in [4.78, 5) is 0. The number of fused-ring (bicyclic) bond motifs is 1. The van der Waals surface area contributed by atoms with Gasteiger partial charge in [-0.15, -0.1) is 0 Å². The van der Waals surface area contributed by atoms with Crippen LogP contribution in [-0.2, 0) is 6.54 Å². The molecular formula is C14H12BF2NO. The molecule has 0 N–H and O–H groups in total. The molecule has 0 amide bonds.